The summed E-state index contributed by atoms with van der Waals surface area (Å²) in [6.07, 6.45) is -0.0865. The van der Waals surface area contributed by atoms with Crippen LogP contribution in [0.4, 0.5) is 0 Å². The fraction of sp³-hybridized carbons (Fsp3) is 0.364. The minimum atomic E-state index is -0.908. The third kappa shape index (κ3) is 2.07. The van der Waals surface area contributed by atoms with Crippen LogP contribution in [0.1, 0.15) is 19.4 Å². The molecule has 0 atom stereocenters. The largest absolute Gasteiger partial charge is 0.481 e. The molecule has 0 unspecified atom stereocenters. The van der Waals surface area contributed by atoms with E-state index in [0.717, 1.165) is 0 Å². The Hall–Kier alpha value is -1.42. The number of rotatable bonds is 2. The van der Waals surface area contributed by atoms with E-state index in [0.29, 0.717) is 22.1 Å². The molecule has 1 aromatic carbocycles. The van der Waals surface area contributed by atoms with Gasteiger partial charge < -0.3 is 14.6 Å². The van der Waals surface area contributed by atoms with Crippen LogP contribution in [-0.2, 0) is 11.2 Å². The number of hydrogen-bond donors (Lipinski definition) is 1. The Morgan fingerprint density at radius 2 is 2.12 bits per heavy atom. The Morgan fingerprint density at radius 1 is 1.44 bits per heavy atom. The number of benzene rings is 1. The van der Waals surface area contributed by atoms with E-state index in [1.165, 1.54) is 0 Å². The van der Waals surface area contributed by atoms with E-state index in [4.69, 9.17) is 26.2 Å². The van der Waals surface area contributed by atoms with E-state index in [1.807, 2.05) is 0 Å². The SMILES string of the molecule is CC1(C)Oc2cc(CC(=O)O)cc(Cl)c2O1. The number of ether oxygens (including phenoxy) is 2. The summed E-state index contributed by atoms with van der Waals surface area (Å²) in [6, 6.07) is 3.23. The predicted octanol–water partition coefficient (Wildman–Crippen LogP) is 2.47. The lowest BCUT2D eigenvalue weighted by Gasteiger charge is -2.16. The summed E-state index contributed by atoms with van der Waals surface area (Å²) in [6.45, 7) is 3.53. The maximum atomic E-state index is 10.6. The Bertz CT molecular complexity index is 454. The predicted molar refractivity (Wildman–Crippen MR) is 58.1 cm³/mol. The van der Waals surface area contributed by atoms with Gasteiger partial charge in [-0.3, -0.25) is 4.79 Å². The van der Waals surface area contributed by atoms with Crippen LogP contribution >= 0.6 is 11.6 Å². The van der Waals surface area contributed by atoms with E-state index in [1.54, 1.807) is 26.0 Å². The molecule has 0 saturated carbocycles. The second-order valence-electron chi connectivity index (χ2n) is 4.08. The summed E-state index contributed by atoms with van der Waals surface area (Å²) in [5, 5.41) is 9.07. The van der Waals surface area contributed by atoms with Gasteiger partial charge in [0.2, 0.25) is 5.79 Å². The van der Waals surface area contributed by atoms with E-state index < -0.39 is 11.8 Å². The molecule has 0 saturated heterocycles. The summed E-state index contributed by atoms with van der Waals surface area (Å²) < 4.78 is 11.0. The van der Waals surface area contributed by atoms with Gasteiger partial charge in [0.25, 0.3) is 0 Å². The topological polar surface area (TPSA) is 55.8 Å². The van der Waals surface area contributed by atoms with Gasteiger partial charge in [0, 0.05) is 13.8 Å². The molecule has 0 fully saturated rings. The van der Waals surface area contributed by atoms with Gasteiger partial charge in [-0.15, -0.1) is 0 Å². The molecule has 1 N–H and O–H groups in total. The fourth-order valence-corrected chi connectivity index (χ4v) is 1.88. The minimum absolute atomic E-state index is 0.0865. The van der Waals surface area contributed by atoms with Gasteiger partial charge in [-0.05, 0) is 17.7 Å². The fourth-order valence-electron chi connectivity index (χ4n) is 1.60. The number of halogens is 1. The van der Waals surface area contributed by atoms with E-state index in [2.05, 4.69) is 0 Å². The summed E-state index contributed by atoms with van der Waals surface area (Å²) in [5.74, 6) is -0.697. The van der Waals surface area contributed by atoms with Crippen molar-refractivity contribution in [1.82, 2.24) is 0 Å². The quantitative estimate of drug-likeness (QED) is 0.866. The van der Waals surface area contributed by atoms with Gasteiger partial charge in [0.05, 0.1) is 11.4 Å². The van der Waals surface area contributed by atoms with Crippen molar-refractivity contribution in [1.29, 1.82) is 0 Å². The second-order valence-corrected chi connectivity index (χ2v) is 4.49. The van der Waals surface area contributed by atoms with Gasteiger partial charge in [-0.25, -0.2) is 0 Å². The standard InChI is InChI=1S/C11H11ClO4/c1-11(2)15-8-4-6(5-9(13)14)3-7(12)10(8)16-11/h3-4H,5H2,1-2H3,(H,13,14). The number of carbonyl (C=O) groups is 1. The molecule has 0 aromatic heterocycles. The number of carboxylic acids is 1. The van der Waals surface area contributed by atoms with Crippen molar-refractivity contribution in [2.24, 2.45) is 0 Å². The summed E-state index contributed by atoms with van der Waals surface area (Å²) in [4.78, 5) is 10.6. The monoisotopic (exact) mass is 242 g/mol. The lowest BCUT2D eigenvalue weighted by molar-refractivity contribution is -0.136. The highest BCUT2D eigenvalue weighted by atomic mass is 35.5. The van der Waals surface area contributed by atoms with E-state index in [-0.39, 0.29) is 6.42 Å². The van der Waals surface area contributed by atoms with Crippen LogP contribution < -0.4 is 9.47 Å². The van der Waals surface area contributed by atoms with Crippen LogP contribution in [0.25, 0.3) is 0 Å². The first-order valence-electron chi connectivity index (χ1n) is 4.80. The third-order valence-electron chi connectivity index (χ3n) is 2.13. The maximum absolute atomic E-state index is 10.6. The molecule has 1 aromatic rings. The van der Waals surface area contributed by atoms with Gasteiger partial charge >= 0.3 is 5.97 Å². The van der Waals surface area contributed by atoms with Gasteiger partial charge in [0.15, 0.2) is 11.5 Å². The Morgan fingerprint density at radius 3 is 2.75 bits per heavy atom. The average Bonchev–Trinajstić information content (AvgIpc) is 2.38. The number of aliphatic carboxylic acids is 1. The molecule has 0 aliphatic carbocycles. The van der Waals surface area contributed by atoms with E-state index in [9.17, 15) is 4.79 Å². The van der Waals surface area contributed by atoms with Crippen LogP contribution in [0.2, 0.25) is 5.02 Å². The zero-order chi connectivity index (χ0) is 11.9. The van der Waals surface area contributed by atoms with Crippen molar-refractivity contribution in [3.63, 3.8) is 0 Å². The maximum Gasteiger partial charge on any atom is 0.307 e. The second kappa shape index (κ2) is 3.56. The normalized spacial score (nSPS) is 16.2. The summed E-state index contributed by atoms with van der Waals surface area (Å²) in [5.41, 5.74) is 0.595. The van der Waals surface area contributed by atoms with Gasteiger partial charge in [-0.1, -0.05) is 11.6 Å². The number of fused-ring (bicyclic) bond motifs is 1. The van der Waals surface area contributed by atoms with Crippen LogP contribution in [0.15, 0.2) is 12.1 Å². The Balaban J connectivity index is 2.38. The van der Waals surface area contributed by atoms with Crippen molar-refractivity contribution in [2.75, 3.05) is 0 Å². The van der Waals surface area contributed by atoms with Crippen LogP contribution in [0, 0.1) is 0 Å². The zero-order valence-corrected chi connectivity index (χ0v) is 9.67. The zero-order valence-electron chi connectivity index (χ0n) is 8.91. The van der Waals surface area contributed by atoms with Crippen LogP contribution in [-0.4, -0.2) is 16.9 Å². The first-order valence-corrected chi connectivity index (χ1v) is 5.17. The molecule has 1 aliphatic rings. The van der Waals surface area contributed by atoms with Crippen molar-refractivity contribution in [3.8, 4) is 11.5 Å². The number of hydrogen-bond acceptors (Lipinski definition) is 3. The van der Waals surface area contributed by atoms with Gasteiger partial charge in [0.1, 0.15) is 0 Å². The lowest BCUT2D eigenvalue weighted by atomic mass is 10.1. The van der Waals surface area contributed by atoms with E-state index >= 15 is 0 Å². The first kappa shape index (κ1) is 11.1. The molecule has 1 heterocycles. The molecule has 16 heavy (non-hydrogen) atoms. The molecule has 4 nitrogen and oxygen atoms in total. The number of carboxylic acid groups (broad SMARTS) is 1. The van der Waals surface area contributed by atoms with Crippen molar-refractivity contribution in [2.45, 2.75) is 26.1 Å². The molecule has 0 bridgehead atoms. The van der Waals surface area contributed by atoms with Crippen molar-refractivity contribution < 1.29 is 19.4 Å². The highest BCUT2D eigenvalue weighted by molar-refractivity contribution is 6.32. The highest BCUT2D eigenvalue weighted by Crippen LogP contribution is 2.44. The summed E-state index contributed by atoms with van der Waals surface area (Å²) >= 11 is 5.99. The van der Waals surface area contributed by atoms with Crippen LogP contribution in [0.3, 0.4) is 0 Å². The molecule has 86 valence electrons. The molecule has 0 amide bonds. The molecular formula is C11H11ClO4. The first-order chi connectivity index (χ1) is 7.37. The minimum Gasteiger partial charge on any atom is -0.481 e. The van der Waals surface area contributed by atoms with Crippen molar-refractivity contribution in [3.05, 3.63) is 22.7 Å². The average molecular weight is 243 g/mol. The molecule has 0 spiro atoms. The highest BCUT2D eigenvalue weighted by Gasteiger charge is 2.33. The Kier molecular flexibility index (Phi) is 2.46. The smallest absolute Gasteiger partial charge is 0.307 e. The summed E-state index contributed by atoms with van der Waals surface area (Å²) in [7, 11) is 0. The van der Waals surface area contributed by atoms with Crippen molar-refractivity contribution >= 4 is 17.6 Å². The molecular weight excluding hydrogens is 232 g/mol. The molecule has 0 radical (unpaired) electrons. The van der Waals surface area contributed by atoms with Gasteiger partial charge in [-0.2, -0.15) is 0 Å². The third-order valence-corrected chi connectivity index (χ3v) is 2.41. The van der Waals surface area contributed by atoms with Crippen LogP contribution in [0.5, 0.6) is 11.5 Å². The molecule has 1 aliphatic heterocycles. The lowest BCUT2D eigenvalue weighted by Crippen LogP contribution is -2.29. The Labute approximate surface area is 97.7 Å². The molecule has 5 heteroatoms. The molecule has 2 rings (SSSR count).